The molecule has 1 nitrogen and oxygen atoms in total. The first-order chi connectivity index (χ1) is 6.33. The second-order valence-corrected chi connectivity index (χ2v) is 17.3. The molecule has 5 heteroatoms. The van der Waals surface area contributed by atoms with E-state index < -0.39 is 26.2 Å². The fourth-order valence-corrected chi connectivity index (χ4v) is 21.0. The van der Waals surface area contributed by atoms with E-state index in [0.29, 0.717) is 0 Å². The zero-order valence-corrected chi connectivity index (χ0v) is 14.7. The Labute approximate surface area is 99.3 Å². The maximum absolute atomic E-state index is 5.80. The molecule has 0 aliphatic carbocycles. The number of nitrogens with zero attached hydrogens (tertiary/aromatic N) is 1. The van der Waals surface area contributed by atoms with Gasteiger partial charge in [-0.15, -0.1) is 11.6 Å². The first-order valence-corrected chi connectivity index (χ1v) is 15.0. The highest BCUT2D eigenvalue weighted by molar-refractivity contribution is 6.93. The normalized spacial score (nSPS) is 13.3. The van der Waals surface area contributed by atoms with Crippen molar-refractivity contribution in [2.75, 3.05) is 5.88 Å². The van der Waals surface area contributed by atoms with E-state index >= 15 is 0 Å². The van der Waals surface area contributed by atoms with Gasteiger partial charge < -0.3 is 3.90 Å². The van der Waals surface area contributed by atoms with Crippen molar-refractivity contribution in [2.24, 2.45) is 0 Å². The van der Waals surface area contributed by atoms with Crippen LogP contribution in [0.5, 0.6) is 0 Å². The van der Waals surface area contributed by atoms with Crippen LogP contribution in [-0.4, -0.2) is 35.9 Å². The molecule has 0 atom stereocenters. The van der Waals surface area contributed by atoms with Crippen LogP contribution in [0.25, 0.3) is 0 Å². The van der Waals surface area contributed by atoms with E-state index in [2.05, 4.69) is 43.2 Å². The summed E-state index contributed by atoms with van der Waals surface area (Å²) >= 11 is 5.80. The van der Waals surface area contributed by atoms with Crippen LogP contribution in [-0.2, 0) is 0 Å². The maximum Gasteiger partial charge on any atom is 0.108 e. The molecule has 0 spiro atoms. The van der Waals surface area contributed by atoms with E-state index in [9.17, 15) is 0 Å². The summed E-state index contributed by atoms with van der Waals surface area (Å²) in [5.74, 6) is 0.837. The summed E-state index contributed by atoms with van der Waals surface area (Å²) < 4.78 is 2.99. The van der Waals surface area contributed by atoms with Crippen molar-refractivity contribution < 1.29 is 0 Å². The Bertz CT molecular complexity index is 154. The Morgan fingerprint density at radius 1 is 1.07 bits per heavy atom. The Kier molecular flexibility index (Phi) is 6.89. The predicted molar refractivity (Wildman–Crippen MR) is 77.2 cm³/mol. The molecule has 0 aliphatic heterocycles. The molecule has 14 heavy (non-hydrogen) atoms. The van der Waals surface area contributed by atoms with E-state index in [-0.39, 0.29) is 0 Å². The third kappa shape index (κ3) is 4.61. The molecular formula is C9H26ClNSi3. The number of hydrogen-bond acceptors (Lipinski definition) is 1. The molecule has 0 aromatic carbocycles. The lowest BCUT2D eigenvalue weighted by Gasteiger charge is -2.43. The summed E-state index contributed by atoms with van der Waals surface area (Å²) in [7, 11) is -2.30. The van der Waals surface area contributed by atoms with Gasteiger partial charge >= 0.3 is 0 Å². The third-order valence-corrected chi connectivity index (χ3v) is 19.1. The van der Waals surface area contributed by atoms with E-state index in [1.807, 2.05) is 0 Å². The SMILES string of the molecule is C[SiH](C)N([SiH](C)C)[Si](C)(C)CCCCl. The van der Waals surface area contributed by atoms with E-state index in [4.69, 9.17) is 11.6 Å². The summed E-state index contributed by atoms with van der Waals surface area (Å²) in [6.45, 7) is 15.0. The standard InChI is InChI=1S/C9H26ClNSi3/c1-12(2)11(13(3)4)14(5,6)9-7-8-10/h12-13H,7-9H2,1-6H3. The monoisotopic (exact) mass is 267 g/mol. The smallest absolute Gasteiger partial charge is 0.108 e. The molecule has 0 rings (SSSR count). The average Bonchev–Trinajstić information content (AvgIpc) is 1.98. The molecule has 0 aromatic heterocycles. The first kappa shape index (κ1) is 14.9. The highest BCUT2D eigenvalue weighted by Gasteiger charge is 2.32. The minimum atomic E-state index is -1.11. The molecule has 0 amide bonds. The highest BCUT2D eigenvalue weighted by atomic mass is 35.5. The molecule has 0 aromatic rings. The zero-order valence-electron chi connectivity index (χ0n) is 10.6. The van der Waals surface area contributed by atoms with Crippen LogP contribution in [0, 0.1) is 0 Å². The van der Waals surface area contributed by atoms with Gasteiger partial charge in [-0.2, -0.15) is 0 Å². The van der Waals surface area contributed by atoms with Gasteiger partial charge in [0, 0.05) is 5.88 Å². The molecule has 0 saturated carbocycles. The molecular weight excluding hydrogens is 242 g/mol. The lowest BCUT2D eigenvalue weighted by atomic mass is 10.6. The molecule has 0 unspecified atom stereocenters. The number of hydrogen-bond donors (Lipinski definition) is 0. The summed E-state index contributed by atoms with van der Waals surface area (Å²) in [5.41, 5.74) is 0. The zero-order chi connectivity index (χ0) is 11.4. The van der Waals surface area contributed by atoms with Gasteiger partial charge in [-0.25, -0.2) is 0 Å². The summed E-state index contributed by atoms with van der Waals surface area (Å²) in [6, 6.07) is 1.38. The van der Waals surface area contributed by atoms with Crippen LogP contribution in [0.2, 0.25) is 45.3 Å². The van der Waals surface area contributed by atoms with Crippen molar-refractivity contribution in [3.05, 3.63) is 0 Å². The Balaban J connectivity index is 4.45. The Morgan fingerprint density at radius 3 is 1.79 bits per heavy atom. The van der Waals surface area contributed by atoms with Gasteiger partial charge in [0.25, 0.3) is 0 Å². The van der Waals surface area contributed by atoms with Crippen LogP contribution in [0.1, 0.15) is 6.42 Å². The fraction of sp³-hybridized carbons (Fsp3) is 1.00. The van der Waals surface area contributed by atoms with Crippen molar-refractivity contribution in [3.8, 4) is 0 Å². The van der Waals surface area contributed by atoms with Gasteiger partial charge in [0.05, 0.1) is 17.9 Å². The lowest BCUT2D eigenvalue weighted by molar-refractivity contribution is 0.902. The fourth-order valence-electron chi connectivity index (χ4n) is 2.62. The van der Waals surface area contributed by atoms with Crippen LogP contribution >= 0.6 is 11.6 Å². The summed E-state index contributed by atoms with van der Waals surface area (Å²) in [4.78, 5) is 0. The summed E-state index contributed by atoms with van der Waals surface area (Å²) in [5, 5.41) is 0. The second-order valence-electron chi connectivity index (χ2n) is 5.20. The highest BCUT2D eigenvalue weighted by Crippen LogP contribution is 2.21. The van der Waals surface area contributed by atoms with E-state index in [0.717, 1.165) is 5.88 Å². The van der Waals surface area contributed by atoms with Crippen LogP contribution in [0.4, 0.5) is 0 Å². The molecule has 0 heterocycles. The maximum atomic E-state index is 5.80. The third-order valence-electron chi connectivity index (χ3n) is 2.73. The molecule has 0 saturated heterocycles. The van der Waals surface area contributed by atoms with Gasteiger partial charge in [-0.3, -0.25) is 0 Å². The predicted octanol–water partition coefficient (Wildman–Crippen LogP) is 3.09. The number of halogens is 1. The van der Waals surface area contributed by atoms with Crippen molar-refractivity contribution in [1.82, 2.24) is 3.90 Å². The quantitative estimate of drug-likeness (QED) is 0.528. The van der Waals surface area contributed by atoms with Crippen LogP contribution < -0.4 is 0 Å². The van der Waals surface area contributed by atoms with E-state index in [1.165, 1.54) is 12.5 Å². The van der Waals surface area contributed by atoms with Gasteiger partial charge in [-0.05, 0) is 12.5 Å². The lowest BCUT2D eigenvalue weighted by Crippen LogP contribution is -2.59. The topological polar surface area (TPSA) is 3.24 Å². The second kappa shape index (κ2) is 6.48. The van der Waals surface area contributed by atoms with Crippen molar-refractivity contribution in [1.29, 1.82) is 0 Å². The van der Waals surface area contributed by atoms with Crippen molar-refractivity contribution >= 4 is 37.8 Å². The Hall–Kier alpha value is 0.901. The minimum Gasteiger partial charge on any atom is -0.373 e. The van der Waals surface area contributed by atoms with Gasteiger partial charge in [-0.1, -0.05) is 39.3 Å². The number of rotatable bonds is 6. The Morgan fingerprint density at radius 2 is 1.50 bits per heavy atom. The molecule has 0 radical (unpaired) electrons. The van der Waals surface area contributed by atoms with Gasteiger partial charge in [0.15, 0.2) is 0 Å². The molecule has 0 N–H and O–H groups in total. The van der Waals surface area contributed by atoms with E-state index in [1.54, 1.807) is 0 Å². The van der Waals surface area contributed by atoms with Crippen molar-refractivity contribution in [3.63, 3.8) is 0 Å². The molecule has 86 valence electrons. The average molecular weight is 268 g/mol. The minimum absolute atomic E-state index is 0.597. The molecule has 0 aliphatic rings. The molecule has 0 fully saturated rings. The van der Waals surface area contributed by atoms with Crippen LogP contribution in [0.3, 0.4) is 0 Å². The van der Waals surface area contributed by atoms with Crippen molar-refractivity contribution in [2.45, 2.75) is 51.7 Å². The number of alkyl halides is 1. The van der Waals surface area contributed by atoms with Crippen LogP contribution in [0.15, 0.2) is 0 Å². The summed E-state index contributed by atoms with van der Waals surface area (Å²) in [6.07, 6.45) is 1.21. The molecule has 0 bridgehead atoms. The van der Waals surface area contributed by atoms with Gasteiger partial charge in [0.2, 0.25) is 0 Å². The first-order valence-electron chi connectivity index (χ1n) is 5.67. The largest absolute Gasteiger partial charge is 0.373 e. The van der Waals surface area contributed by atoms with Gasteiger partial charge in [0.1, 0.15) is 8.24 Å².